The van der Waals surface area contributed by atoms with E-state index in [9.17, 15) is 4.79 Å². The lowest BCUT2D eigenvalue weighted by Gasteiger charge is -2.33. The molecule has 1 saturated heterocycles. The highest BCUT2D eigenvalue weighted by molar-refractivity contribution is 7.19. The lowest BCUT2D eigenvalue weighted by molar-refractivity contribution is 0.0526. The molecule has 0 bridgehead atoms. The molecule has 0 unspecified atom stereocenters. The van der Waals surface area contributed by atoms with Crippen molar-refractivity contribution in [3.05, 3.63) is 84.6 Å². The lowest BCUT2D eigenvalue weighted by Crippen LogP contribution is -2.38. The van der Waals surface area contributed by atoms with Gasteiger partial charge in [0.1, 0.15) is 22.6 Å². The van der Waals surface area contributed by atoms with Gasteiger partial charge < -0.3 is 19.1 Å². The van der Waals surface area contributed by atoms with Crippen LogP contribution in [0.5, 0.6) is 11.5 Å². The second-order valence-corrected chi connectivity index (χ2v) is 10.5. The predicted octanol–water partition coefficient (Wildman–Crippen LogP) is 6.36. The quantitative estimate of drug-likeness (QED) is 0.207. The monoisotopic (exact) mass is 554 g/mol. The number of benzene rings is 3. The van der Waals surface area contributed by atoms with Crippen LogP contribution in [0.25, 0.3) is 26.8 Å². The van der Waals surface area contributed by atoms with E-state index < -0.39 is 0 Å². The molecule has 204 valence electrons. The van der Waals surface area contributed by atoms with Crippen molar-refractivity contribution in [1.82, 2.24) is 14.6 Å². The van der Waals surface area contributed by atoms with Crippen molar-refractivity contribution in [3.8, 4) is 33.3 Å². The number of carbonyl (C=O) groups excluding carboxylic acids is 1. The summed E-state index contributed by atoms with van der Waals surface area (Å²) in [5.74, 6) is 1.43. The molecule has 1 aliphatic heterocycles. The van der Waals surface area contributed by atoms with E-state index in [-0.39, 0.29) is 12.1 Å². The van der Waals surface area contributed by atoms with Gasteiger partial charge in [0.15, 0.2) is 0 Å². The molecule has 1 aliphatic rings. The van der Waals surface area contributed by atoms with Gasteiger partial charge in [0.2, 0.25) is 4.96 Å². The fourth-order valence-electron chi connectivity index (χ4n) is 4.84. The van der Waals surface area contributed by atoms with E-state index in [4.69, 9.17) is 24.3 Å². The minimum absolute atomic E-state index is 0.202. The molecule has 0 N–H and O–H groups in total. The summed E-state index contributed by atoms with van der Waals surface area (Å²) in [6.45, 7) is 4.08. The van der Waals surface area contributed by atoms with E-state index in [0.717, 1.165) is 64.2 Å². The first-order chi connectivity index (χ1) is 19.6. The lowest BCUT2D eigenvalue weighted by atomic mass is 10.1. The number of fused-ring (bicyclic) bond motifs is 1. The minimum Gasteiger partial charge on any atom is -0.497 e. The van der Waals surface area contributed by atoms with E-state index in [0.29, 0.717) is 12.2 Å². The topological polar surface area (TPSA) is 78.2 Å². The maximum atomic E-state index is 11.9. The Kier molecular flexibility index (Phi) is 7.37. The zero-order chi connectivity index (χ0) is 27.5. The normalized spacial score (nSPS) is 13.9. The number of hydrogen-bond acceptors (Lipinski definition) is 8. The number of nitrogens with zero attached hydrogens (tertiary/aromatic N) is 4. The number of aromatic nitrogens is 3. The van der Waals surface area contributed by atoms with E-state index >= 15 is 0 Å². The van der Waals surface area contributed by atoms with E-state index in [1.54, 1.807) is 30.7 Å². The first-order valence-electron chi connectivity index (χ1n) is 13.4. The van der Waals surface area contributed by atoms with Gasteiger partial charge in [-0.25, -0.2) is 14.3 Å². The third-order valence-corrected chi connectivity index (χ3v) is 7.99. The Bertz CT molecular complexity index is 1550. The highest BCUT2D eigenvalue weighted by Crippen LogP contribution is 2.30. The van der Waals surface area contributed by atoms with Crippen molar-refractivity contribution < 1.29 is 19.0 Å². The molecule has 0 spiro atoms. The molecule has 9 heteroatoms. The molecule has 0 aliphatic carbocycles. The molecule has 0 atom stereocenters. The predicted molar refractivity (Wildman–Crippen MR) is 157 cm³/mol. The van der Waals surface area contributed by atoms with Crippen LogP contribution in [0.15, 0.2) is 79.0 Å². The Hall–Kier alpha value is -4.37. The van der Waals surface area contributed by atoms with Crippen LogP contribution in [0.3, 0.4) is 0 Å². The average Bonchev–Trinajstić information content (AvgIpc) is 3.58. The summed E-state index contributed by atoms with van der Waals surface area (Å²) in [4.78, 5) is 19.8. The smallest absolute Gasteiger partial charge is 0.338 e. The minimum atomic E-state index is -0.322. The molecule has 3 aromatic carbocycles. The Morgan fingerprint density at radius 2 is 1.60 bits per heavy atom. The number of methoxy groups -OCH3 is 1. The number of piperidine rings is 1. The van der Waals surface area contributed by atoms with Gasteiger partial charge in [0.25, 0.3) is 0 Å². The van der Waals surface area contributed by atoms with Gasteiger partial charge in [-0.05, 0) is 67.6 Å². The fourth-order valence-corrected chi connectivity index (χ4v) is 5.73. The number of imidazole rings is 1. The van der Waals surface area contributed by atoms with Crippen LogP contribution in [0.4, 0.5) is 5.69 Å². The number of anilines is 1. The van der Waals surface area contributed by atoms with Gasteiger partial charge >= 0.3 is 5.97 Å². The van der Waals surface area contributed by atoms with Crippen molar-refractivity contribution in [3.63, 3.8) is 0 Å². The summed E-state index contributed by atoms with van der Waals surface area (Å²) in [6, 6.07) is 23.6. The largest absolute Gasteiger partial charge is 0.497 e. The van der Waals surface area contributed by atoms with Crippen LogP contribution in [0, 0.1) is 0 Å². The second-order valence-electron chi connectivity index (χ2n) is 9.58. The SMILES string of the molecule is CCOC(=O)c1ccc(-c2cn3nc(-c4ccc(OC5CCN(c6ccc(OC)cc6)CC5)cc4)sc3n2)cc1. The molecular weight excluding hydrogens is 524 g/mol. The summed E-state index contributed by atoms with van der Waals surface area (Å²) in [7, 11) is 1.69. The summed E-state index contributed by atoms with van der Waals surface area (Å²) in [5.41, 5.74) is 4.50. The van der Waals surface area contributed by atoms with E-state index in [2.05, 4.69) is 29.2 Å². The third kappa shape index (κ3) is 5.51. The van der Waals surface area contributed by atoms with Crippen molar-refractivity contribution >= 4 is 28.0 Å². The Morgan fingerprint density at radius 3 is 2.25 bits per heavy atom. The first-order valence-corrected chi connectivity index (χ1v) is 14.2. The molecule has 0 radical (unpaired) electrons. The average molecular weight is 555 g/mol. The van der Waals surface area contributed by atoms with Gasteiger partial charge in [-0.3, -0.25) is 0 Å². The van der Waals surface area contributed by atoms with Crippen LogP contribution >= 0.6 is 11.3 Å². The molecule has 40 heavy (non-hydrogen) atoms. The van der Waals surface area contributed by atoms with E-state index in [1.165, 1.54) is 17.0 Å². The number of rotatable bonds is 8. The first kappa shape index (κ1) is 25.9. The number of hydrogen-bond donors (Lipinski definition) is 0. The summed E-state index contributed by atoms with van der Waals surface area (Å²) in [6.07, 6.45) is 4.06. The Labute approximate surface area is 236 Å². The van der Waals surface area contributed by atoms with Crippen LogP contribution in [-0.2, 0) is 4.74 Å². The summed E-state index contributed by atoms with van der Waals surface area (Å²) < 4.78 is 18.4. The van der Waals surface area contributed by atoms with Crippen molar-refractivity contribution in [2.24, 2.45) is 0 Å². The molecule has 2 aromatic heterocycles. The molecule has 1 fully saturated rings. The van der Waals surface area contributed by atoms with Gasteiger partial charge in [0.05, 0.1) is 31.2 Å². The number of esters is 1. The highest BCUT2D eigenvalue weighted by atomic mass is 32.1. The van der Waals surface area contributed by atoms with Gasteiger partial charge in [-0.1, -0.05) is 23.5 Å². The fraction of sp³-hybridized carbons (Fsp3) is 0.258. The third-order valence-electron chi connectivity index (χ3n) is 7.02. The summed E-state index contributed by atoms with van der Waals surface area (Å²) in [5, 5.41) is 5.63. The highest BCUT2D eigenvalue weighted by Gasteiger charge is 2.21. The van der Waals surface area contributed by atoms with Gasteiger partial charge in [-0.15, -0.1) is 0 Å². The maximum absolute atomic E-state index is 11.9. The van der Waals surface area contributed by atoms with Gasteiger partial charge in [0, 0.05) is 42.7 Å². The molecular formula is C31H30N4O4S. The molecule has 3 heterocycles. The van der Waals surface area contributed by atoms with Crippen LogP contribution < -0.4 is 14.4 Å². The Balaban J connectivity index is 1.06. The van der Waals surface area contributed by atoms with Crippen molar-refractivity contribution in [1.29, 1.82) is 0 Å². The number of ether oxygens (including phenoxy) is 3. The zero-order valence-electron chi connectivity index (χ0n) is 22.4. The van der Waals surface area contributed by atoms with Crippen molar-refractivity contribution in [2.75, 3.05) is 31.7 Å². The second kappa shape index (κ2) is 11.4. The maximum Gasteiger partial charge on any atom is 0.338 e. The standard InChI is InChI=1S/C31H30N4O4S/c1-3-38-30(36)23-6-4-21(5-7-23)28-20-35-31(32-28)40-29(33-35)22-8-12-26(13-9-22)39-27-16-18-34(19-17-27)24-10-14-25(37-2)15-11-24/h4-15,20,27H,3,16-19H2,1-2H3. The van der Waals surface area contributed by atoms with Crippen LogP contribution in [-0.4, -0.2) is 53.5 Å². The molecule has 5 aromatic rings. The summed E-state index contributed by atoms with van der Waals surface area (Å²) >= 11 is 1.53. The molecule has 0 amide bonds. The van der Waals surface area contributed by atoms with E-state index in [1.807, 2.05) is 42.6 Å². The molecule has 0 saturated carbocycles. The molecule has 8 nitrogen and oxygen atoms in total. The zero-order valence-corrected chi connectivity index (χ0v) is 23.3. The van der Waals surface area contributed by atoms with Crippen molar-refractivity contribution in [2.45, 2.75) is 25.9 Å². The van der Waals surface area contributed by atoms with Crippen LogP contribution in [0.1, 0.15) is 30.1 Å². The Morgan fingerprint density at radius 1 is 0.925 bits per heavy atom. The van der Waals surface area contributed by atoms with Crippen LogP contribution in [0.2, 0.25) is 0 Å². The molecule has 6 rings (SSSR count). The van der Waals surface area contributed by atoms with Gasteiger partial charge in [-0.2, -0.15) is 5.10 Å². The number of carbonyl (C=O) groups is 1.